The molecule has 0 saturated carbocycles. The van der Waals surface area contributed by atoms with Gasteiger partial charge in [-0.2, -0.15) is 4.68 Å². The molecule has 1 aromatic heterocycles. The molecule has 8 heteroatoms. The molecule has 2 aromatic rings. The monoisotopic (exact) mass is 378 g/mol. The minimum Gasteiger partial charge on any atom is -0.393 e. The van der Waals surface area contributed by atoms with Crippen LogP contribution in [0.15, 0.2) is 29.4 Å². The molecule has 25 heavy (non-hydrogen) atoms. The Morgan fingerprint density at radius 2 is 1.96 bits per heavy atom. The minimum absolute atomic E-state index is 0.0355. The fourth-order valence-corrected chi connectivity index (χ4v) is 4.93. The van der Waals surface area contributed by atoms with E-state index in [1.54, 1.807) is 6.92 Å². The van der Waals surface area contributed by atoms with E-state index >= 15 is 0 Å². The Hall–Kier alpha value is -1.41. The topological polar surface area (TPSA) is 71.2 Å². The van der Waals surface area contributed by atoms with Crippen LogP contribution in [-0.4, -0.2) is 55.1 Å². The molecule has 132 valence electrons. The molecule has 0 radical (unpaired) electrons. The predicted molar refractivity (Wildman–Crippen MR) is 96.0 cm³/mol. The molecule has 0 bridgehead atoms. The molecule has 1 aromatic carbocycles. The molecule has 6 nitrogen and oxygen atoms in total. The van der Waals surface area contributed by atoms with E-state index in [1.165, 1.54) is 16.4 Å². The zero-order chi connectivity index (χ0) is 17.6. The Balaban J connectivity index is 1.67. The van der Waals surface area contributed by atoms with E-state index in [-0.39, 0.29) is 23.3 Å². The van der Waals surface area contributed by atoms with Crippen LogP contribution in [0.2, 0.25) is 5.02 Å². The maximum atomic E-state index is 12.9. The molecule has 2 aliphatic heterocycles. The van der Waals surface area contributed by atoms with E-state index in [0.29, 0.717) is 16.0 Å². The summed E-state index contributed by atoms with van der Waals surface area (Å²) in [7, 11) is 0. The second kappa shape index (κ2) is 6.72. The van der Waals surface area contributed by atoms with E-state index in [1.807, 2.05) is 24.3 Å². The second-order valence-electron chi connectivity index (χ2n) is 6.49. The molecule has 2 atom stereocenters. The van der Waals surface area contributed by atoms with Crippen molar-refractivity contribution in [3.63, 3.8) is 0 Å². The van der Waals surface area contributed by atoms with Crippen LogP contribution in [0.5, 0.6) is 0 Å². The zero-order valence-electron chi connectivity index (χ0n) is 13.8. The number of likely N-dealkylation sites (tertiary alicyclic amines) is 1. The highest BCUT2D eigenvalue weighted by Crippen LogP contribution is 2.41. The van der Waals surface area contributed by atoms with E-state index in [2.05, 4.69) is 15.0 Å². The van der Waals surface area contributed by atoms with Gasteiger partial charge in [-0.15, -0.1) is 5.10 Å². The zero-order valence-corrected chi connectivity index (χ0v) is 15.4. The number of aliphatic hydroxyl groups excluding tert-OH is 1. The van der Waals surface area contributed by atoms with Gasteiger partial charge >= 0.3 is 0 Å². The average molecular weight is 379 g/mol. The third-order valence-corrected chi connectivity index (χ3v) is 6.20. The Morgan fingerprint density at radius 3 is 2.60 bits per heavy atom. The smallest absolute Gasteiger partial charge is 0.264 e. The Bertz CT molecular complexity index is 786. The Morgan fingerprint density at radius 1 is 1.28 bits per heavy atom. The molecule has 0 aliphatic carbocycles. The third-order valence-electron chi connectivity index (χ3n) is 4.76. The van der Waals surface area contributed by atoms with E-state index in [4.69, 9.17) is 11.6 Å². The van der Waals surface area contributed by atoms with Crippen molar-refractivity contribution in [3.05, 3.63) is 40.7 Å². The van der Waals surface area contributed by atoms with Crippen molar-refractivity contribution in [2.75, 3.05) is 13.1 Å². The average Bonchev–Trinajstić information content (AvgIpc) is 3.09. The Kier molecular flexibility index (Phi) is 4.58. The van der Waals surface area contributed by atoms with Crippen molar-refractivity contribution in [3.8, 4) is 0 Å². The van der Waals surface area contributed by atoms with Crippen LogP contribution in [-0.2, 0) is 0 Å². The van der Waals surface area contributed by atoms with Crippen LogP contribution >= 0.6 is 23.4 Å². The second-order valence-corrected chi connectivity index (χ2v) is 8.04. The summed E-state index contributed by atoms with van der Waals surface area (Å²) >= 11 is 7.51. The van der Waals surface area contributed by atoms with Gasteiger partial charge in [0, 0.05) is 18.1 Å². The van der Waals surface area contributed by atoms with Gasteiger partial charge in [0.2, 0.25) is 0 Å². The van der Waals surface area contributed by atoms with Crippen molar-refractivity contribution in [1.82, 2.24) is 19.7 Å². The normalized spacial score (nSPS) is 23.0. The van der Waals surface area contributed by atoms with E-state index in [0.717, 1.165) is 31.5 Å². The first-order chi connectivity index (χ1) is 12.0. The molecule has 1 fully saturated rings. The van der Waals surface area contributed by atoms with Crippen LogP contribution in [0.4, 0.5) is 0 Å². The standard InChI is InChI=1S/C17H19ClN4O2S/c1-10-19-17-22(20-10)16(24)15(25-17)14(11-2-4-12(18)5-3-11)21-8-6-13(23)7-9-21/h2-5,13-15,23H,6-9H2,1H3. The molecular formula is C17H19ClN4O2S. The van der Waals surface area contributed by atoms with Crippen LogP contribution in [0.25, 0.3) is 0 Å². The summed E-state index contributed by atoms with van der Waals surface area (Å²) in [5.74, 6) is 0.574. The molecule has 2 unspecified atom stereocenters. The number of halogens is 1. The lowest BCUT2D eigenvalue weighted by Crippen LogP contribution is -2.44. The van der Waals surface area contributed by atoms with Gasteiger partial charge in [0.25, 0.3) is 5.91 Å². The van der Waals surface area contributed by atoms with Crippen LogP contribution in [0, 0.1) is 6.92 Å². The highest BCUT2D eigenvalue weighted by atomic mass is 35.5. The first-order valence-electron chi connectivity index (χ1n) is 8.35. The van der Waals surface area contributed by atoms with Crippen molar-refractivity contribution >= 4 is 29.3 Å². The summed E-state index contributed by atoms with van der Waals surface area (Å²) in [4.78, 5) is 19.6. The van der Waals surface area contributed by atoms with E-state index in [9.17, 15) is 9.90 Å². The molecular weight excluding hydrogens is 360 g/mol. The number of aryl methyl sites for hydroxylation is 1. The number of rotatable bonds is 3. The first-order valence-corrected chi connectivity index (χ1v) is 9.61. The van der Waals surface area contributed by atoms with Crippen molar-refractivity contribution < 1.29 is 9.90 Å². The Labute approximate surface area is 155 Å². The van der Waals surface area contributed by atoms with Crippen LogP contribution < -0.4 is 0 Å². The molecule has 0 amide bonds. The first kappa shape index (κ1) is 17.0. The van der Waals surface area contributed by atoms with Gasteiger partial charge in [-0.3, -0.25) is 9.69 Å². The SMILES string of the molecule is Cc1nc2n(n1)C(=O)C(C(c1ccc(Cl)cc1)N1CCC(O)CC1)S2. The van der Waals surface area contributed by atoms with E-state index < -0.39 is 0 Å². The summed E-state index contributed by atoms with van der Waals surface area (Å²) in [6.07, 6.45) is 1.18. The number of carbonyl (C=O) groups excluding carboxylic acids is 1. The lowest BCUT2D eigenvalue weighted by atomic mass is 9.97. The van der Waals surface area contributed by atoms with Gasteiger partial charge in [0.1, 0.15) is 11.1 Å². The fraction of sp³-hybridized carbons (Fsp3) is 0.471. The summed E-state index contributed by atoms with van der Waals surface area (Å²) in [6.45, 7) is 3.30. The van der Waals surface area contributed by atoms with Gasteiger partial charge in [-0.25, -0.2) is 4.98 Å². The van der Waals surface area contributed by atoms with Crippen LogP contribution in [0.3, 0.4) is 0 Å². The highest BCUT2D eigenvalue weighted by molar-refractivity contribution is 8.00. The summed E-state index contributed by atoms with van der Waals surface area (Å²) in [5, 5.41) is 15.1. The van der Waals surface area contributed by atoms with Crippen molar-refractivity contribution in [2.24, 2.45) is 0 Å². The lowest BCUT2D eigenvalue weighted by molar-refractivity contribution is 0.0551. The number of hydrogen-bond donors (Lipinski definition) is 1. The molecule has 1 saturated heterocycles. The third kappa shape index (κ3) is 3.21. The van der Waals surface area contributed by atoms with Crippen LogP contribution in [0.1, 0.15) is 35.1 Å². The van der Waals surface area contributed by atoms with Gasteiger partial charge in [0.05, 0.1) is 12.1 Å². The quantitative estimate of drug-likeness (QED) is 0.885. The molecule has 3 heterocycles. The summed E-state index contributed by atoms with van der Waals surface area (Å²) < 4.78 is 1.42. The van der Waals surface area contributed by atoms with Gasteiger partial charge < -0.3 is 5.11 Å². The number of piperidine rings is 1. The van der Waals surface area contributed by atoms with Gasteiger partial charge in [-0.05, 0) is 37.5 Å². The largest absolute Gasteiger partial charge is 0.393 e. The number of nitrogens with zero attached hydrogens (tertiary/aromatic N) is 4. The number of thioether (sulfide) groups is 1. The highest BCUT2D eigenvalue weighted by Gasteiger charge is 2.43. The number of hydrogen-bond acceptors (Lipinski definition) is 6. The van der Waals surface area contributed by atoms with Gasteiger partial charge in [-0.1, -0.05) is 35.5 Å². The molecule has 4 rings (SSSR count). The number of benzene rings is 1. The maximum Gasteiger partial charge on any atom is 0.264 e. The lowest BCUT2D eigenvalue weighted by Gasteiger charge is -2.38. The van der Waals surface area contributed by atoms with Crippen molar-refractivity contribution in [1.29, 1.82) is 0 Å². The number of aliphatic hydroxyl groups is 1. The van der Waals surface area contributed by atoms with Gasteiger partial charge in [0.15, 0.2) is 5.16 Å². The number of carbonyl (C=O) groups is 1. The fourth-order valence-electron chi connectivity index (χ4n) is 3.50. The molecule has 2 aliphatic rings. The summed E-state index contributed by atoms with van der Waals surface area (Å²) in [5.41, 5.74) is 1.05. The number of fused-ring (bicyclic) bond motifs is 1. The number of aromatic nitrogens is 3. The summed E-state index contributed by atoms with van der Waals surface area (Å²) in [6, 6.07) is 7.57. The minimum atomic E-state index is -0.299. The molecule has 1 N–H and O–H groups in total. The van der Waals surface area contributed by atoms with Crippen molar-refractivity contribution in [2.45, 2.75) is 42.3 Å². The maximum absolute atomic E-state index is 12.9. The predicted octanol–water partition coefficient (Wildman–Crippen LogP) is 2.55. The molecule has 0 spiro atoms.